The van der Waals surface area contributed by atoms with Gasteiger partial charge in [0, 0.05) is 24.0 Å². The van der Waals surface area contributed by atoms with Crippen LogP contribution in [0.15, 0.2) is 72.9 Å². The van der Waals surface area contributed by atoms with E-state index >= 15 is 0 Å². The van der Waals surface area contributed by atoms with E-state index < -0.39 is 0 Å². The lowest BCUT2D eigenvalue weighted by atomic mass is 10.1. The van der Waals surface area contributed by atoms with Crippen molar-refractivity contribution in [2.45, 2.75) is 31.8 Å². The summed E-state index contributed by atoms with van der Waals surface area (Å²) in [4.78, 5) is 20.5. The number of carbonyl (C=O) groups excluding carboxylic acids is 1. The number of H-pyrrole nitrogens is 2. The molecule has 1 amide bonds. The van der Waals surface area contributed by atoms with Crippen molar-refractivity contribution in [2.24, 2.45) is 0 Å². The van der Waals surface area contributed by atoms with Gasteiger partial charge in [-0.15, -0.1) is 0 Å². The molecular formula is C28H25ClN6O2. The van der Waals surface area contributed by atoms with Crippen LogP contribution in [0.3, 0.4) is 0 Å². The van der Waals surface area contributed by atoms with Gasteiger partial charge < -0.3 is 20.4 Å². The van der Waals surface area contributed by atoms with Crippen LogP contribution in [-0.4, -0.2) is 32.1 Å². The average molecular weight is 513 g/mol. The van der Waals surface area contributed by atoms with E-state index in [0.717, 1.165) is 52.2 Å². The number of benzene rings is 3. The molecule has 2 heterocycles. The van der Waals surface area contributed by atoms with E-state index in [1.807, 2.05) is 48.5 Å². The van der Waals surface area contributed by atoms with Crippen molar-refractivity contribution in [3.8, 4) is 11.5 Å². The highest BCUT2D eigenvalue weighted by molar-refractivity contribution is 6.30. The molecule has 0 saturated heterocycles. The number of carbonyl (C=O) groups is 1. The summed E-state index contributed by atoms with van der Waals surface area (Å²) in [7, 11) is 0. The molecule has 1 saturated carbocycles. The Bertz CT molecular complexity index is 1540. The Balaban J connectivity index is 1.08. The first-order valence-electron chi connectivity index (χ1n) is 12.2. The third-order valence-corrected chi connectivity index (χ3v) is 6.49. The van der Waals surface area contributed by atoms with Crippen LogP contribution < -0.4 is 15.4 Å². The maximum Gasteiger partial charge on any atom is 0.254 e. The topological polar surface area (TPSA) is 108 Å². The van der Waals surface area contributed by atoms with E-state index in [1.165, 1.54) is 0 Å². The van der Waals surface area contributed by atoms with Gasteiger partial charge in [0.15, 0.2) is 0 Å². The molecule has 0 bridgehead atoms. The fraction of sp³-hybridized carbons (Fsp3) is 0.179. The van der Waals surface area contributed by atoms with Crippen molar-refractivity contribution in [2.75, 3.05) is 5.32 Å². The van der Waals surface area contributed by atoms with Crippen LogP contribution in [-0.2, 0) is 13.0 Å². The van der Waals surface area contributed by atoms with Crippen LogP contribution in [0.4, 0.5) is 5.95 Å². The van der Waals surface area contributed by atoms with E-state index in [2.05, 4.69) is 36.9 Å². The Morgan fingerprint density at radius 2 is 1.73 bits per heavy atom. The van der Waals surface area contributed by atoms with E-state index in [0.29, 0.717) is 35.5 Å². The number of aromatic nitrogens is 4. The first kappa shape index (κ1) is 23.1. The Kier molecular flexibility index (Phi) is 6.24. The fourth-order valence-corrected chi connectivity index (χ4v) is 4.21. The lowest BCUT2D eigenvalue weighted by Gasteiger charge is -2.07. The van der Waals surface area contributed by atoms with Gasteiger partial charge in [-0.1, -0.05) is 29.8 Å². The number of halogens is 1. The number of hydrogen-bond acceptors (Lipinski definition) is 5. The molecule has 6 rings (SSSR count). The van der Waals surface area contributed by atoms with Crippen LogP contribution in [0, 0.1) is 0 Å². The molecular weight excluding hydrogens is 488 g/mol. The summed E-state index contributed by atoms with van der Waals surface area (Å²) in [6.07, 6.45) is 4.28. The van der Waals surface area contributed by atoms with Gasteiger partial charge in [-0.3, -0.25) is 9.89 Å². The van der Waals surface area contributed by atoms with Crippen molar-refractivity contribution in [3.05, 3.63) is 100 Å². The second kappa shape index (κ2) is 9.99. The van der Waals surface area contributed by atoms with Gasteiger partial charge in [0.05, 0.1) is 28.5 Å². The van der Waals surface area contributed by atoms with Crippen molar-refractivity contribution in [3.63, 3.8) is 0 Å². The maximum atomic E-state index is 12.5. The third kappa shape index (κ3) is 5.59. The highest BCUT2D eigenvalue weighted by atomic mass is 35.5. The van der Waals surface area contributed by atoms with Crippen LogP contribution in [0.25, 0.3) is 11.0 Å². The summed E-state index contributed by atoms with van der Waals surface area (Å²) in [6, 6.07) is 21.5. The molecule has 1 fully saturated rings. The number of hydrogen-bond donors (Lipinski definition) is 4. The maximum absolute atomic E-state index is 12.5. The molecule has 8 nitrogen and oxygen atoms in total. The van der Waals surface area contributed by atoms with E-state index in [1.54, 1.807) is 18.3 Å². The fourth-order valence-electron chi connectivity index (χ4n) is 4.09. The Morgan fingerprint density at radius 1 is 1.00 bits per heavy atom. The SMILES string of the molecule is O=C(NC1CC1)c1cn[nH]c1Cc1ccc2nc(NCc3ccc(Oc4ccc(Cl)cc4)cc3)[nH]c2c1. The Labute approximate surface area is 218 Å². The number of ether oxygens (including phenoxy) is 1. The summed E-state index contributed by atoms with van der Waals surface area (Å²) < 4.78 is 5.85. The first-order valence-corrected chi connectivity index (χ1v) is 12.5. The second-order valence-electron chi connectivity index (χ2n) is 9.18. The highest BCUT2D eigenvalue weighted by Crippen LogP contribution is 2.24. The monoisotopic (exact) mass is 512 g/mol. The van der Waals surface area contributed by atoms with Gasteiger partial charge in [0.2, 0.25) is 5.95 Å². The standard InChI is InChI=1S/C28H25ClN6O2/c29-19-4-10-22(11-5-19)37-21-8-1-17(2-9-21)15-30-28-33-24-12-3-18(14-26(24)34-28)13-25-23(16-31-35-25)27(36)32-20-6-7-20/h1-5,8-12,14,16,20H,6-7,13,15H2,(H,31,35)(H,32,36)(H2,30,33,34). The molecule has 3 aromatic carbocycles. The predicted octanol–water partition coefficient (Wildman–Crippen LogP) is 5.83. The summed E-state index contributed by atoms with van der Waals surface area (Å²) >= 11 is 5.93. The number of rotatable bonds is 9. The zero-order valence-corrected chi connectivity index (χ0v) is 20.7. The average Bonchev–Trinajstić information content (AvgIpc) is 3.43. The molecule has 1 aliphatic carbocycles. The second-order valence-corrected chi connectivity index (χ2v) is 9.61. The molecule has 0 aliphatic heterocycles. The molecule has 9 heteroatoms. The van der Waals surface area contributed by atoms with Crippen molar-refractivity contribution in [1.82, 2.24) is 25.5 Å². The van der Waals surface area contributed by atoms with E-state index in [9.17, 15) is 4.79 Å². The molecule has 0 spiro atoms. The lowest BCUT2D eigenvalue weighted by molar-refractivity contribution is 0.0950. The first-order chi connectivity index (χ1) is 18.1. The van der Waals surface area contributed by atoms with Crippen LogP contribution in [0.5, 0.6) is 11.5 Å². The van der Waals surface area contributed by atoms with Gasteiger partial charge in [-0.05, 0) is 72.5 Å². The predicted molar refractivity (Wildman–Crippen MR) is 143 cm³/mol. The molecule has 2 aromatic heterocycles. The lowest BCUT2D eigenvalue weighted by Crippen LogP contribution is -2.26. The number of nitrogens with one attached hydrogen (secondary N) is 4. The number of anilines is 1. The zero-order valence-electron chi connectivity index (χ0n) is 19.9. The normalized spacial score (nSPS) is 13.0. The summed E-state index contributed by atoms with van der Waals surface area (Å²) in [5.41, 5.74) is 5.36. The number of aromatic amines is 2. The van der Waals surface area contributed by atoms with Crippen LogP contribution in [0.2, 0.25) is 5.02 Å². The van der Waals surface area contributed by atoms with Gasteiger partial charge in [-0.25, -0.2) is 4.98 Å². The van der Waals surface area contributed by atoms with E-state index in [4.69, 9.17) is 16.3 Å². The Hall–Kier alpha value is -4.30. The van der Waals surface area contributed by atoms with Crippen LogP contribution >= 0.6 is 11.6 Å². The molecule has 37 heavy (non-hydrogen) atoms. The van der Waals surface area contributed by atoms with Crippen molar-refractivity contribution >= 4 is 34.5 Å². The smallest absolute Gasteiger partial charge is 0.254 e. The third-order valence-electron chi connectivity index (χ3n) is 6.24. The Morgan fingerprint density at radius 3 is 2.49 bits per heavy atom. The number of fused-ring (bicyclic) bond motifs is 1. The number of amides is 1. The van der Waals surface area contributed by atoms with Crippen LogP contribution in [0.1, 0.15) is 40.0 Å². The van der Waals surface area contributed by atoms with Gasteiger partial charge in [0.25, 0.3) is 5.91 Å². The van der Waals surface area contributed by atoms with Crippen molar-refractivity contribution in [1.29, 1.82) is 0 Å². The molecule has 1 aliphatic rings. The minimum Gasteiger partial charge on any atom is -0.457 e. The molecule has 186 valence electrons. The minimum atomic E-state index is -0.0649. The number of nitrogens with zero attached hydrogens (tertiary/aromatic N) is 2. The largest absolute Gasteiger partial charge is 0.457 e. The molecule has 0 atom stereocenters. The quantitative estimate of drug-likeness (QED) is 0.199. The summed E-state index contributed by atoms with van der Waals surface area (Å²) in [5, 5.41) is 14.1. The molecule has 4 N–H and O–H groups in total. The number of imidazole rings is 1. The zero-order chi connectivity index (χ0) is 25.2. The van der Waals surface area contributed by atoms with E-state index in [-0.39, 0.29) is 5.91 Å². The van der Waals surface area contributed by atoms with Crippen molar-refractivity contribution < 1.29 is 9.53 Å². The summed E-state index contributed by atoms with van der Waals surface area (Å²) in [6.45, 7) is 0.613. The van der Waals surface area contributed by atoms with Gasteiger partial charge in [0.1, 0.15) is 11.5 Å². The minimum absolute atomic E-state index is 0.0649. The highest BCUT2D eigenvalue weighted by Gasteiger charge is 2.25. The molecule has 5 aromatic rings. The molecule has 0 radical (unpaired) electrons. The molecule has 0 unspecified atom stereocenters. The van der Waals surface area contributed by atoms with Gasteiger partial charge in [-0.2, -0.15) is 5.10 Å². The van der Waals surface area contributed by atoms with Gasteiger partial charge >= 0.3 is 0 Å². The summed E-state index contributed by atoms with van der Waals surface area (Å²) in [5.74, 6) is 2.12.